The summed E-state index contributed by atoms with van der Waals surface area (Å²) >= 11 is 6.35. The molecule has 0 saturated heterocycles. The highest BCUT2D eigenvalue weighted by Crippen LogP contribution is 2.39. The molecule has 0 aliphatic carbocycles. The van der Waals surface area contributed by atoms with Crippen LogP contribution in [-0.2, 0) is 6.42 Å². The van der Waals surface area contributed by atoms with E-state index in [0.717, 1.165) is 22.0 Å². The minimum absolute atomic E-state index is 0.0912. The number of aryl methyl sites for hydroxylation is 1. The van der Waals surface area contributed by atoms with Crippen molar-refractivity contribution in [2.24, 2.45) is 0 Å². The smallest absolute Gasteiger partial charge is 0.267 e. The lowest BCUT2D eigenvalue weighted by Gasteiger charge is -2.17. The zero-order chi connectivity index (χ0) is 21.4. The van der Waals surface area contributed by atoms with E-state index in [0.29, 0.717) is 34.5 Å². The molecule has 4 nitrogen and oxygen atoms in total. The lowest BCUT2D eigenvalue weighted by Crippen LogP contribution is -2.02. The van der Waals surface area contributed by atoms with Gasteiger partial charge < -0.3 is 9.15 Å². The maximum Gasteiger partial charge on any atom is 0.267 e. The highest BCUT2D eigenvalue weighted by Gasteiger charge is 2.20. The van der Waals surface area contributed by atoms with E-state index >= 15 is 0 Å². The van der Waals surface area contributed by atoms with Crippen LogP contribution in [0.15, 0.2) is 77.2 Å². The molecule has 5 heteroatoms. The number of rotatable bonds is 5. The quantitative estimate of drug-likeness (QED) is 0.290. The van der Waals surface area contributed by atoms with Gasteiger partial charge in [0.1, 0.15) is 22.7 Å². The first-order chi connectivity index (χ1) is 15.1. The molecule has 0 N–H and O–H groups in total. The molecule has 5 rings (SSSR count). The van der Waals surface area contributed by atoms with Crippen LogP contribution in [0, 0.1) is 0 Å². The summed E-state index contributed by atoms with van der Waals surface area (Å²) in [6.45, 7) is 4.17. The molecule has 2 heterocycles. The summed E-state index contributed by atoms with van der Waals surface area (Å²) in [5.74, 6) is 1.92. The first-order valence-corrected chi connectivity index (χ1v) is 10.7. The Morgan fingerprint density at radius 2 is 1.74 bits per heavy atom. The van der Waals surface area contributed by atoms with E-state index in [2.05, 4.69) is 24.0 Å². The van der Waals surface area contributed by atoms with Crippen molar-refractivity contribution >= 4 is 33.7 Å². The second-order valence-corrected chi connectivity index (χ2v) is 7.93. The van der Waals surface area contributed by atoms with Crippen LogP contribution in [0.25, 0.3) is 22.1 Å². The van der Waals surface area contributed by atoms with Crippen molar-refractivity contribution in [3.8, 4) is 11.6 Å². The predicted molar refractivity (Wildman–Crippen MR) is 124 cm³/mol. The van der Waals surface area contributed by atoms with Crippen molar-refractivity contribution in [2.45, 2.75) is 26.2 Å². The minimum Gasteiger partial charge on any atom is -0.449 e. The van der Waals surface area contributed by atoms with Crippen LogP contribution in [0.5, 0.6) is 11.6 Å². The molecule has 31 heavy (non-hydrogen) atoms. The highest BCUT2D eigenvalue weighted by molar-refractivity contribution is 6.30. The van der Waals surface area contributed by atoms with Gasteiger partial charge in [-0.05, 0) is 35.9 Å². The zero-order valence-corrected chi connectivity index (χ0v) is 18.1. The second kappa shape index (κ2) is 8.05. The van der Waals surface area contributed by atoms with Crippen molar-refractivity contribution in [1.29, 1.82) is 0 Å². The summed E-state index contributed by atoms with van der Waals surface area (Å²) in [6.07, 6.45) is 0.694. The van der Waals surface area contributed by atoms with Crippen LogP contribution in [0.1, 0.15) is 36.7 Å². The molecule has 0 fully saturated rings. The molecule has 0 aliphatic heterocycles. The number of benzene rings is 3. The first kappa shape index (κ1) is 19.6. The van der Waals surface area contributed by atoms with E-state index in [9.17, 15) is 0 Å². The van der Waals surface area contributed by atoms with Gasteiger partial charge in [0.25, 0.3) is 5.88 Å². The molecule has 3 aromatic carbocycles. The fourth-order valence-corrected chi connectivity index (χ4v) is 3.99. The van der Waals surface area contributed by atoms with Crippen molar-refractivity contribution in [3.63, 3.8) is 0 Å². The maximum atomic E-state index is 6.39. The Kier molecular flexibility index (Phi) is 5.08. The molecule has 0 unspecified atom stereocenters. The third-order valence-electron chi connectivity index (χ3n) is 5.50. The summed E-state index contributed by atoms with van der Waals surface area (Å²) in [5, 5.41) is 1.62. The molecule has 1 atom stereocenters. The lowest BCUT2D eigenvalue weighted by atomic mass is 9.92. The minimum atomic E-state index is 0.0912. The summed E-state index contributed by atoms with van der Waals surface area (Å²) in [7, 11) is 0. The van der Waals surface area contributed by atoms with E-state index in [1.54, 1.807) is 0 Å². The largest absolute Gasteiger partial charge is 0.449 e. The van der Waals surface area contributed by atoms with Crippen LogP contribution >= 0.6 is 11.6 Å². The van der Waals surface area contributed by atoms with Crippen molar-refractivity contribution in [1.82, 2.24) is 9.97 Å². The number of nitrogens with zero attached hydrogens (tertiary/aromatic N) is 2. The fraction of sp³-hybridized carbons (Fsp3) is 0.154. The van der Waals surface area contributed by atoms with Crippen molar-refractivity contribution in [3.05, 3.63) is 94.8 Å². The lowest BCUT2D eigenvalue weighted by molar-refractivity contribution is 0.447. The van der Waals surface area contributed by atoms with Gasteiger partial charge in [-0.1, -0.05) is 67.9 Å². The molecule has 2 aromatic heterocycles. The fourth-order valence-electron chi connectivity index (χ4n) is 3.81. The third kappa shape index (κ3) is 3.64. The topological polar surface area (TPSA) is 48.2 Å². The van der Waals surface area contributed by atoms with Gasteiger partial charge >= 0.3 is 0 Å². The Bertz CT molecular complexity index is 1380. The van der Waals surface area contributed by atoms with Crippen LogP contribution in [0.4, 0.5) is 0 Å². The van der Waals surface area contributed by atoms with E-state index in [1.807, 2.05) is 67.6 Å². The number of halogens is 1. The molecule has 0 amide bonds. The molecule has 5 aromatic rings. The van der Waals surface area contributed by atoms with Crippen LogP contribution in [0.2, 0.25) is 5.02 Å². The Morgan fingerprint density at radius 3 is 2.55 bits per heavy atom. The molecular weight excluding hydrogens is 408 g/mol. The van der Waals surface area contributed by atoms with Gasteiger partial charge in [0.15, 0.2) is 0 Å². The van der Waals surface area contributed by atoms with Crippen LogP contribution in [0.3, 0.4) is 0 Å². The number of fused-ring (bicyclic) bond motifs is 3. The van der Waals surface area contributed by atoms with Gasteiger partial charge in [0, 0.05) is 28.3 Å². The number of hydrogen-bond donors (Lipinski definition) is 0. The third-order valence-corrected chi connectivity index (χ3v) is 5.73. The molecule has 0 aliphatic rings. The summed E-state index contributed by atoms with van der Waals surface area (Å²) in [6, 6.07) is 23.8. The Hall–Kier alpha value is -3.37. The maximum absolute atomic E-state index is 6.39. The van der Waals surface area contributed by atoms with Gasteiger partial charge in [-0.25, -0.2) is 4.98 Å². The van der Waals surface area contributed by atoms with Crippen LogP contribution < -0.4 is 4.74 Å². The van der Waals surface area contributed by atoms with Gasteiger partial charge in [0.05, 0.1) is 0 Å². The first-order valence-electron chi connectivity index (χ1n) is 10.3. The molecule has 0 bridgehead atoms. The van der Waals surface area contributed by atoms with Crippen LogP contribution in [-0.4, -0.2) is 9.97 Å². The average molecular weight is 429 g/mol. The van der Waals surface area contributed by atoms with E-state index in [-0.39, 0.29) is 5.92 Å². The molecule has 0 spiro atoms. The number of para-hydroxylation sites is 1. The van der Waals surface area contributed by atoms with Gasteiger partial charge in [-0.15, -0.1) is 0 Å². The van der Waals surface area contributed by atoms with Gasteiger partial charge in [0.2, 0.25) is 5.58 Å². The van der Waals surface area contributed by atoms with Crippen molar-refractivity contribution < 1.29 is 9.15 Å². The second-order valence-electron chi connectivity index (χ2n) is 7.49. The van der Waals surface area contributed by atoms with E-state index in [1.165, 1.54) is 5.56 Å². The van der Waals surface area contributed by atoms with Crippen molar-refractivity contribution in [2.75, 3.05) is 0 Å². The van der Waals surface area contributed by atoms with E-state index in [4.69, 9.17) is 25.7 Å². The SMILES string of the molecule is CCc1nc(Oc2ccc(Cl)cc2[C@H](C)c2ccccc2)c2oc3ccccc3c2n1. The molecular formula is C26H21ClN2O2. The number of hydrogen-bond acceptors (Lipinski definition) is 4. The average Bonchev–Trinajstić information content (AvgIpc) is 3.19. The molecule has 0 saturated carbocycles. The summed E-state index contributed by atoms with van der Waals surface area (Å²) in [4.78, 5) is 9.34. The summed E-state index contributed by atoms with van der Waals surface area (Å²) < 4.78 is 12.5. The van der Waals surface area contributed by atoms with E-state index < -0.39 is 0 Å². The highest BCUT2D eigenvalue weighted by atomic mass is 35.5. The van der Waals surface area contributed by atoms with Gasteiger partial charge in [-0.2, -0.15) is 4.98 Å². The number of ether oxygens (including phenoxy) is 1. The Balaban J connectivity index is 1.65. The predicted octanol–water partition coefficient (Wildman–Crippen LogP) is 7.54. The number of furan rings is 1. The number of aromatic nitrogens is 2. The zero-order valence-electron chi connectivity index (χ0n) is 17.3. The van der Waals surface area contributed by atoms with Gasteiger partial charge in [-0.3, -0.25) is 0 Å². The molecule has 0 radical (unpaired) electrons. The summed E-state index contributed by atoms with van der Waals surface area (Å²) in [5.41, 5.74) is 4.25. The standard InChI is InChI=1S/C26H21ClN2O2/c1-3-23-28-24-19-11-7-8-12-21(19)30-25(24)26(29-23)31-22-14-13-18(27)15-20(22)16(2)17-9-5-4-6-10-17/h4-16H,3H2,1-2H3/t16-/m1/s1. The monoisotopic (exact) mass is 428 g/mol. The normalized spacial score (nSPS) is 12.4. The Morgan fingerprint density at radius 1 is 0.968 bits per heavy atom. The Labute approximate surface area is 185 Å². The molecule has 154 valence electrons.